The zero-order valence-corrected chi connectivity index (χ0v) is 12.1. The van der Waals surface area contributed by atoms with Gasteiger partial charge in [0.15, 0.2) is 0 Å². The summed E-state index contributed by atoms with van der Waals surface area (Å²) in [7, 11) is 0. The van der Waals surface area contributed by atoms with Crippen molar-refractivity contribution in [3.63, 3.8) is 0 Å². The topological polar surface area (TPSA) is 37.4 Å². The lowest BCUT2D eigenvalue weighted by Gasteiger charge is -2.16. The Labute approximate surface area is 123 Å². The average molecular weight is 334 g/mol. The molecule has 0 saturated carbocycles. The lowest BCUT2D eigenvalue weighted by molar-refractivity contribution is 0.0925. The Kier molecular flexibility index (Phi) is 2.95. The second-order valence-electron chi connectivity index (χ2n) is 4.10. The van der Waals surface area contributed by atoms with Crippen LogP contribution >= 0.6 is 28.6 Å². The zero-order chi connectivity index (χ0) is 13.6. The number of anilines is 1. The highest BCUT2D eigenvalue weighted by Crippen LogP contribution is 2.35. The second kappa shape index (κ2) is 4.51. The Balaban J connectivity index is 2.17. The number of hydrogen-bond acceptors (Lipinski definition) is 3. The van der Waals surface area contributed by atoms with E-state index in [9.17, 15) is 9.59 Å². The molecule has 0 N–H and O–H groups in total. The fourth-order valence-corrected chi connectivity index (χ4v) is 2.70. The molecule has 0 aromatic heterocycles. The minimum Gasteiger partial charge on any atom is -0.268 e. The van der Waals surface area contributed by atoms with E-state index >= 15 is 0 Å². The molecule has 0 unspecified atom stereocenters. The van der Waals surface area contributed by atoms with Gasteiger partial charge in [-0.25, -0.2) is 4.90 Å². The number of nitrogens with zero attached hydrogens (tertiary/aromatic N) is 1. The van der Waals surface area contributed by atoms with Gasteiger partial charge in [-0.1, -0.05) is 18.2 Å². The van der Waals surface area contributed by atoms with Crippen LogP contribution in [0.25, 0.3) is 0 Å². The predicted octanol–water partition coefficient (Wildman–Crippen LogP) is 3.54. The summed E-state index contributed by atoms with van der Waals surface area (Å²) < 4.78 is 0.741. The number of hydrogen-bond donors (Lipinski definition) is 1. The fourth-order valence-electron chi connectivity index (χ4n) is 2.09. The van der Waals surface area contributed by atoms with E-state index in [1.54, 1.807) is 36.4 Å². The van der Waals surface area contributed by atoms with E-state index in [4.69, 9.17) is 0 Å². The number of rotatable bonds is 1. The largest absolute Gasteiger partial charge is 0.268 e. The first-order valence-corrected chi connectivity index (χ1v) is 6.80. The van der Waals surface area contributed by atoms with Gasteiger partial charge in [-0.3, -0.25) is 9.59 Å². The van der Waals surface area contributed by atoms with Gasteiger partial charge in [-0.05, 0) is 40.2 Å². The normalized spacial score (nSPS) is 13.9. The number of thiol groups is 1. The summed E-state index contributed by atoms with van der Waals surface area (Å²) in [4.78, 5) is 26.4. The first-order chi connectivity index (χ1) is 9.11. The van der Waals surface area contributed by atoms with Crippen molar-refractivity contribution in [1.29, 1.82) is 0 Å². The summed E-state index contributed by atoms with van der Waals surface area (Å²) in [6.45, 7) is 0. The molecule has 1 aliphatic heterocycles. The lowest BCUT2D eigenvalue weighted by Crippen LogP contribution is -2.29. The Morgan fingerprint density at radius 2 is 1.47 bits per heavy atom. The van der Waals surface area contributed by atoms with Gasteiger partial charge in [0, 0.05) is 9.37 Å². The van der Waals surface area contributed by atoms with Gasteiger partial charge in [0.05, 0.1) is 16.8 Å². The van der Waals surface area contributed by atoms with E-state index in [2.05, 4.69) is 28.6 Å². The molecule has 19 heavy (non-hydrogen) atoms. The molecule has 2 amide bonds. The number of imide groups is 1. The highest BCUT2D eigenvalue weighted by atomic mass is 79.9. The zero-order valence-electron chi connectivity index (χ0n) is 9.63. The third-order valence-electron chi connectivity index (χ3n) is 3.00. The Bertz CT molecular complexity index is 679. The third-order valence-corrected chi connectivity index (χ3v) is 4.44. The molecule has 94 valence electrons. The van der Waals surface area contributed by atoms with E-state index in [0.717, 1.165) is 9.37 Å². The van der Waals surface area contributed by atoms with Crippen LogP contribution in [0, 0.1) is 0 Å². The van der Waals surface area contributed by atoms with E-state index in [0.29, 0.717) is 21.7 Å². The third kappa shape index (κ3) is 1.81. The Hall–Kier alpha value is -1.59. The van der Waals surface area contributed by atoms with Crippen LogP contribution < -0.4 is 4.90 Å². The first-order valence-electron chi connectivity index (χ1n) is 5.56. The molecule has 5 heteroatoms. The van der Waals surface area contributed by atoms with Crippen LogP contribution in [0.15, 0.2) is 51.8 Å². The van der Waals surface area contributed by atoms with Gasteiger partial charge in [0.25, 0.3) is 11.8 Å². The molecule has 3 rings (SSSR count). The lowest BCUT2D eigenvalue weighted by atomic mass is 10.1. The summed E-state index contributed by atoms with van der Waals surface area (Å²) in [6, 6.07) is 12.1. The molecule has 0 spiro atoms. The van der Waals surface area contributed by atoms with Crippen LogP contribution in [0.2, 0.25) is 0 Å². The number of fused-ring (bicyclic) bond motifs is 1. The van der Waals surface area contributed by atoms with Gasteiger partial charge in [-0.15, -0.1) is 12.6 Å². The summed E-state index contributed by atoms with van der Waals surface area (Å²) in [6.07, 6.45) is 0. The number of halogens is 1. The van der Waals surface area contributed by atoms with Crippen molar-refractivity contribution < 1.29 is 9.59 Å². The molecule has 1 aliphatic rings. The molecule has 0 fully saturated rings. The van der Waals surface area contributed by atoms with Crippen LogP contribution in [0.1, 0.15) is 20.7 Å². The van der Waals surface area contributed by atoms with Crippen LogP contribution in [-0.4, -0.2) is 11.8 Å². The molecule has 2 aromatic rings. The van der Waals surface area contributed by atoms with Crippen molar-refractivity contribution in [3.8, 4) is 0 Å². The standard InChI is InChI=1S/C14H8BrNO2S/c15-10-6-3-7-11(12(10)19)16-13(17)8-4-1-2-5-9(8)14(16)18/h1-7,19H. The molecule has 0 atom stereocenters. The summed E-state index contributed by atoms with van der Waals surface area (Å²) in [5.74, 6) is -0.622. The molecule has 2 aromatic carbocycles. The van der Waals surface area contributed by atoms with Crippen molar-refractivity contribution in [2.24, 2.45) is 0 Å². The maximum Gasteiger partial charge on any atom is 0.266 e. The number of carbonyl (C=O) groups is 2. The smallest absolute Gasteiger partial charge is 0.266 e. The minimum absolute atomic E-state index is 0.311. The van der Waals surface area contributed by atoms with Gasteiger partial charge >= 0.3 is 0 Å². The molecular weight excluding hydrogens is 326 g/mol. The van der Waals surface area contributed by atoms with Gasteiger partial charge < -0.3 is 0 Å². The number of amides is 2. The van der Waals surface area contributed by atoms with Crippen molar-refractivity contribution in [3.05, 3.63) is 58.1 Å². The maximum atomic E-state index is 12.3. The number of carbonyl (C=O) groups excluding carboxylic acids is 2. The van der Waals surface area contributed by atoms with Crippen LogP contribution in [-0.2, 0) is 0 Å². The quantitative estimate of drug-likeness (QED) is 0.640. The molecule has 0 saturated heterocycles. The monoisotopic (exact) mass is 333 g/mol. The van der Waals surface area contributed by atoms with Crippen LogP contribution in [0.4, 0.5) is 5.69 Å². The van der Waals surface area contributed by atoms with E-state index in [1.807, 2.05) is 6.07 Å². The van der Waals surface area contributed by atoms with E-state index < -0.39 is 0 Å². The van der Waals surface area contributed by atoms with Gasteiger partial charge in [0.1, 0.15) is 0 Å². The molecule has 1 heterocycles. The van der Waals surface area contributed by atoms with E-state index in [1.165, 1.54) is 0 Å². The molecule has 0 radical (unpaired) electrons. The predicted molar refractivity (Wildman–Crippen MR) is 79.0 cm³/mol. The van der Waals surface area contributed by atoms with Crippen LogP contribution in [0.3, 0.4) is 0 Å². The summed E-state index contributed by atoms with van der Waals surface area (Å²) in [5.41, 5.74) is 1.35. The maximum absolute atomic E-state index is 12.3. The van der Waals surface area contributed by atoms with Crippen molar-refractivity contribution in [2.45, 2.75) is 4.90 Å². The van der Waals surface area contributed by atoms with Crippen molar-refractivity contribution in [1.82, 2.24) is 0 Å². The highest BCUT2D eigenvalue weighted by molar-refractivity contribution is 9.10. The van der Waals surface area contributed by atoms with E-state index in [-0.39, 0.29) is 11.8 Å². The second-order valence-corrected chi connectivity index (χ2v) is 5.40. The molecule has 0 aliphatic carbocycles. The Morgan fingerprint density at radius 1 is 0.895 bits per heavy atom. The molecule has 3 nitrogen and oxygen atoms in total. The van der Waals surface area contributed by atoms with Crippen molar-refractivity contribution in [2.75, 3.05) is 4.90 Å². The van der Waals surface area contributed by atoms with Crippen LogP contribution in [0.5, 0.6) is 0 Å². The minimum atomic E-state index is -0.311. The van der Waals surface area contributed by atoms with Gasteiger partial charge in [0.2, 0.25) is 0 Å². The Morgan fingerprint density at radius 3 is 2.05 bits per heavy atom. The SMILES string of the molecule is O=C1c2ccccc2C(=O)N1c1cccc(Br)c1S. The van der Waals surface area contributed by atoms with Crippen molar-refractivity contribution >= 4 is 46.1 Å². The highest BCUT2D eigenvalue weighted by Gasteiger charge is 2.37. The average Bonchev–Trinajstić information content (AvgIpc) is 2.67. The summed E-state index contributed by atoms with van der Waals surface area (Å²) in [5, 5.41) is 0. The molecular formula is C14H8BrNO2S. The molecule has 0 bridgehead atoms. The number of benzene rings is 2. The van der Waals surface area contributed by atoms with Gasteiger partial charge in [-0.2, -0.15) is 0 Å². The first kappa shape index (κ1) is 12.4. The summed E-state index contributed by atoms with van der Waals surface area (Å²) >= 11 is 7.70. The fraction of sp³-hybridized carbons (Fsp3) is 0.